The molecule has 2 aromatic heterocycles. The third kappa shape index (κ3) is 2.37. The Morgan fingerprint density at radius 2 is 1.49 bits per heavy atom. The number of aromatic nitrogens is 2. The van der Waals surface area contributed by atoms with Crippen LogP contribution in [0.3, 0.4) is 0 Å². The highest BCUT2D eigenvalue weighted by Crippen LogP contribution is 2.52. The van der Waals surface area contributed by atoms with Crippen LogP contribution in [0.4, 0.5) is 0 Å². The van der Waals surface area contributed by atoms with Gasteiger partial charge in [0, 0.05) is 16.2 Å². The van der Waals surface area contributed by atoms with E-state index in [4.69, 9.17) is 9.40 Å². The highest BCUT2D eigenvalue weighted by Gasteiger charge is 2.36. The first-order chi connectivity index (χ1) is 17.1. The minimum absolute atomic E-state index is 0.0578. The van der Waals surface area contributed by atoms with Gasteiger partial charge >= 0.3 is 6.01 Å². The van der Waals surface area contributed by atoms with E-state index in [1.165, 1.54) is 43.8 Å². The largest absolute Gasteiger partial charge is 0.423 e. The van der Waals surface area contributed by atoms with E-state index in [1.54, 1.807) is 0 Å². The van der Waals surface area contributed by atoms with E-state index >= 15 is 0 Å². The van der Waals surface area contributed by atoms with Crippen molar-refractivity contribution in [3.05, 3.63) is 108 Å². The fourth-order valence-electron chi connectivity index (χ4n) is 6.24. The van der Waals surface area contributed by atoms with Crippen LogP contribution in [0.2, 0.25) is 0 Å². The summed E-state index contributed by atoms with van der Waals surface area (Å²) in [5.74, 6) is 0. The van der Waals surface area contributed by atoms with Crippen LogP contribution < -0.4 is 0 Å². The zero-order chi connectivity index (χ0) is 23.3. The molecule has 3 heteroatoms. The minimum Gasteiger partial charge on any atom is -0.423 e. The van der Waals surface area contributed by atoms with Crippen molar-refractivity contribution < 1.29 is 4.42 Å². The molecule has 0 saturated heterocycles. The summed E-state index contributed by atoms with van der Waals surface area (Å²) >= 11 is 0. The predicted octanol–water partition coefficient (Wildman–Crippen LogP) is 8.38. The molecule has 5 aromatic carbocycles. The lowest BCUT2D eigenvalue weighted by Gasteiger charge is -2.23. The van der Waals surface area contributed by atoms with Gasteiger partial charge in [-0.1, -0.05) is 80.6 Å². The molecule has 0 radical (unpaired) electrons. The standard InChI is InChI=1S/C32H22N2O/c1-32(2)25-11-5-3-9-20(25)22-16-15-19-17-28-24(18-23(19)30(22)32)21-10-4-7-13-27(21)34(28)31-33-26-12-6-8-14-29(26)35-31/h3-18H,1-2H3. The minimum atomic E-state index is -0.0578. The molecule has 1 aliphatic carbocycles. The van der Waals surface area contributed by atoms with Gasteiger partial charge < -0.3 is 4.42 Å². The van der Waals surface area contributed by atoms with Crippen LogP contribution in [0.5, 0.6) is 0 Å². The second-order valence-electron chi connectivity index (χ2n) is 10.1. The van der Waals surface area contributed by atoms with Crippen molar-refractivity contribution in [3.63, 3.8) is 0 Å². The highest BCUT2D eigenvalue weighted by atomic mass is 16.4. The van der Waals surface area contributed by atoms with Crippen LogP contribution in [0.25, 0.3) is 60.8 Å². The van der Waals surface area contributed by atoms with E-state index in [0.29, 0.717) is 6.01 Å². The van der Waals surface area contributed by atoms with Crippen molar-refractivity contribution in [1.29, 1.82) is 0 Å². The van der Waals surface area contributed by atoms with Crippen LogP contribution in [-0.2, 0) is 5.41 Å². The van der Waals surface area contributed by atoms with Gasteiger partial charge in [0.1, 0.15) is 5.52 Å². The van der Waals surface area contributed by atoms with Crippen molar-refractivity contribution in [2.75, 3.05) is 0 Å². The molecule has 3 nitrogen and oxygen atoms in total. The summed E-state index contributed by atoms with van der Waals surface area (Å²) in [7, 11) is 0. The van der Waals surface area contributed by atoms with E-state index in [2.05, 4.69) is 91.2 Å². The molecule has 0 saturated carbocycles. The van der Waals surface area contributed by atoms with Gasteiger partial charge in [0.15, 0.2) is 5.58 Å². The summed E-state index contributed by atoms with van der Waals surface area (Å²) in [4.78, 5) is 4.84. The molecule has 0 N–H and O–H groups in total. The van der Waals surface area contributed by atoms with Crippen LogP contribution in [0.15, 0.2) is 101 Å². The smallest absolute Gasteiger partial charge is 0.307 e. The first-order valence-corrected chi connectivity index (χ1v) is 12.1. The lowest BCUT2D eigenvalue weighted by atomic mass is 9.80. The van der Waals surface area contributed by atoms with E-state index in [-0.39, 0.29) is 5.41 Å². The van der Waals surface area contributed by atoms with Crippen LogP contribution in [0.1, 0.15) is 25.0 Å². The molecule has 0 atom stereocenters. The molecule has 7 aromatic rings. The summed E-state index contributed by atoms with van der Waals surface area (Å²) < 4.78 is 8.41. The molecule has 8 rings (SSSR count). The van der Waals surface area contributed by atoms with Gasteiger partial charge in [-0.25, -0.2) is 0 Å². The number of nitrogens with zero attached hydrogens (tertiary/aromatic N) is 2. The zero-order valence-electron chi connectivity index (χ0n) is 19.5. The summed E-state index contributed by atoms with van der Waals surface area (Å²) in [6.07, 6.45) is 0. The van der Waals surface area contributed by atoms with E-state index in [9.17, 15) is 0 Å². The second-order valence-corrected chi connectivity index (χ2v) is 10.1. The quantitative estimate of drug-likeness (QED) is 0.251. The van der Waals surface area contributed by atoms with Gasteiger partial charge in [0.25, 0.3) is 0 Å². The molecular weight excluding hydrogens is 428 g/mol. The summed E-state index contributed by atoms with van der Waals surface area (Å²) in [6, 6.07) is 35.2. The normalized spacial score (nSPS) is 14.2. The number of hydrogen-bond acceptors (Lipinski definition) is 2. The number of fused-ring (bicyclic) bond motifs is 9. The molecule has 1 aliphatic rings. The Morgan fingerprint density at radius 1 is 0.686 bits per heavy atom. The highest BCUT2D eigenvalue weighted by molar-refractivity contribution is 6.15. The fraction of sp³-hybridized carbons (Fsp3) is 0.0938. The zero-order valence-corrected chi connectivity index (χ0v) is 19.5. The van der Waals surface area contributed by atoms with E-state index in [1.807, 2.05) is 24.3 Å². The predicted molar refractivity (Wildman–Crippen MR) is 143 cm³/mol. The van der Waals surface area contributed by atoms with Crippen LogP contribution in [-0.4, -0.2) is 9.55 Å². The van der Waals surface area contributed by atoms with Gasteiger partial charge in [-0.15, -0.1) is 0 Å². The second kappa shape index (κ2) is 6.39. The summed E-state index contributed by atoms with van der Waals surface area (Å²) in [5, 5.41) is 4.97. The van der Waals surface area contributed by atoms with Gasteiger partial charge in [-0.2, -0.15) is 4.98 Å². The molecule has 35 heavy (non-hydrogen) atoms. The molecule has 166 valence electrons. The third-order valence-electron chi connectivity index (χ3n) is 7.80. The first-order valence-electron chi connectivity index (χ1n) is 12.1. The van der Waals surface area contributed by atoms with Crippen LogP contribution >= 0.6 is 0 Å². The number of hydrogen-bond donors (Lipinski definition) is 0. The maximum atomic E-state index is 6.24. The number of benzene rings is 5. The average Bonchev–Trinajstić information content (AvgIpc) is 3.51. The number of oxazole rings is 1. The molecule has 0 fully saturated rings. The third-order valence-corrected chi connectivity index (χ3v) is 7.80. The van der Waals surface area contributed by atoms with Crippen molar-refractivity contribution >= 4 is 43.7 Å². The Hall–Kier alpha value is -4.37. The summed E-state index contributed by atoms with van der Waals surface area (Å²) in [5.41, 5.74) is 9.33. The lowest BCUT2D eigenvalue weighted by molar-refractivity contribution is 0.574. The SMILES string of the molecule is CC1(C)c2ccccc2-c2ccc3cc4c(cc3c21)c1ccccc1n4-c1nc2ccccc2o1. The van der Waals surface area contributed by atoms with Crippen molar-refractivity contribution in [2.45, 2.75) is 19.3 Å². The average molecular weight is 451 g/mol. The van der Waals surface area contributed by atoms with Gasteiger partial charge in [-0.05, 0) is 63.4 Å². The Kier molecular flexibility index (Phi) is 3.47. The topological polar surface area (TPSA) is 31.0 Å². The monoisotopic (exact) mass is 450 g/mol. The molecule has 0 amide bonds. The van der Waals surface area contributed by atoms with E-state index in [0.717, 1.165) is 22.1 Å². The van der Waals surface area contributed by atoms with Gasteiger partial charge in [-0.3, -0.25) is 4.57 Å². The molecule has 0 spiro atoms. The summed E-state index contributed by atoms with van der Waals surface area (Å²) in [6.45, 7) is 4.70. The number of rotatable bonds is 1. The van der Waals surface area contributed by atoms with Crippen molar-refractivity contribution in [1.82, 2.24) is 9.55 Å². The molecular formula is C32H22N2O. The molecule has 0 unspecified atom stereocenters. The first kappa shape index (κ1) is 19.0. The molecule has 0 bridgehead atoms. The maximum absolute atomic E-state index is 6.24. The molecule has 2 heterocycles. The van der Waals surface area contributed by atoms with Crippen molar-refractivity contribution in [3.8, 4) is 17.1 Å². The van der Waals surface area contributed by atoms with E-state index < -0.39 is 0 Å². The van der Waals surface area contributed by atoms with Crippen LogP contribution in [0, 0.1) is 0 Å². The van der Waals surface area contributed by atoms with Crippen molar-refractivity contribution in [2.24, 2.45) is 0 Å². The van der Waals surface area contributed by atoms with Gasteiger partial charge in [0.2, 0.25) is 0 Å². The maximum Gasteiger partial charge on any atom is 0.307 e. The lowest BCUT2D eigenvalue weighted by Crippen LogP contribution is -2.15. The number of para-hydroxylation sites is 3. The Bertz CT molecular complexity index is 1950. The van der Waals surface area contributed by atoms with Gasteiger partial charge in [0.05, 0.1) is 11.0 Å². The molecule has 0 aliphatic heterocycles. The Morgan fingerprint density at radius 3 is 2.40 bits per heavy atom. The Balaban J connectivity index is 1.50. The Labute approximate surface area is 202 Å². The fourth-order valence-corrected chi connectivity index (χ4v) is 6.24.